The molecule has 0 radical (unpaired) electrons. The van der Waals surface area contributed by atoms with Gasteiger partial charge in [-0.05, 0) is 53.8 Å². The number of nitrogens with one attached hydrogen (secondary N) is 1. The second-order valence-corrected chi connectivity index (χ2v) is 11.3. The number of carbonyl (C=O) groups is 1. The third kappa shape index (κ3) is 7.58. The number of carbonyl (C=O) groups excluding carboxylic acids is 1. The minimum atomic E-state index is -0.870. The second-order valence-electron chi connectivity index (χ2n) is 10.8. The van der Waals surface area contributed by atoms with Crippen LogP contribution in [0.2, 0.25) is 5.02 Å². The average Bonchev–Trinajstić information content (AvgIpc) is 3.02. The highest BCUT2D eigenvalue weighted by Crippen LogP contribution is 2.39. The smallest absolute Gasteiger partial charge is 0.411 e. The molecule has 2 saturated heterocycles. The zero-order valence-corrected chi connectivity index (χ0v) is 24.2. The summed E-state index contributed by atoms with van der Waals surface area (Å²) in [6.07, 6.45) is 1.95. The number of aliphatic hydroxyl groups excluding tert-OH is 1. The van der Waals surface area contributed by atoms with Gasteiger partial charge in [-0.1, -0.05) is 72.8 Å². The van der Waals surface area contributed by atoms with Gasteiger partial charge in [-0.15, -0.1) is 0 Å². The number of halogens is 1. The Morgan fingerprint density at radius 2 is 1.69 bits per heavy atom. The summed E-state index contributed by atoms with van der Waals surface area (Å²) < 4.78 is 17.9. The zero-order chi connectivity index (χ0) is 29.5. The lowest BCUT2D eigenvalue weighted by atomic mass is 9.84. The van der Waals surface area contributed by atoms with E-state index in [2.05, 4.69) is 16.8 Å². The number of piperidine rings is 1. The third-order valence-corrected chi connectivity index (χ3v) is 8.16. The summed E-state index contributed by atoms with van der Waals surface area (Å²) >= 11 is 6.05. The fourth-order valence-corrected chi connectivity index (χ4v) is 5.61. The molecular weight excluding hydrogens is 556 g/mol. The first-order valence-electron chi connectivity index (χ1n) is 14.2. The second kappa shape index (κ2) is 13.8. The molecule has 1 amide bonds. The molecule has 0 aromatic heterocycles. The van der Waals surface area contributed by atoms with E-state index in [1.807, 2.05) is 60.7 Å². The van der Waals surface area contributed by atoms with E-state index in [9.17, 15) is 15.0 Å². The van der Waals surface area contributed by atoms with Gasteiger partial charge in [-0.3, -0.25) is 5.32 Å². The standard InChI is InChI=1S/C33H37ClN2O6/c1-2-19-40-32(38)35-28-13-7-25(8-14-28)31-41-29(20-30(42-31)24-5-3-23(22-37)4-6-24)21-36-17-15-33(39,16-18-36)26-9-11-27(34)12-10-26/h2-14,29-31,37,39H,1,15-22H2,(H,35,38)/t29-,30+,31+/m1/s1. The number of anilines is 1. The zero-order valence-electron chi connectivity index (χ0n) is 23.5. The fraction of sp³-hybridized carbons (Fsp3) is 0.364. The molecule has 0 aliphatic carbocycles. The maximum Gasteiger partial charge on any atom is 0.411 e. The minimum Gasteiger partial charge on any atom is -0.445 e. The van der Waals surface area contributed by atoms with Crippen molar-refractivity contribution in [2.45, 2.75) is 50.0 Å². The Balaban J connectivity index is 1.27. The quantitative estimate of drug-likeness (QED) is 0.258. The van der Waals surface area contributed by atoms with Crippen LogP contribution in [0.25, 0.3) is 0 Å². The van der Waals surface area contributed by atoms with Crippen LogP contribution in [0.3, 0.4) is 0 Å². The van der Waals surface area contributed by atoms with Gasteiger partial charge in [0.2, 0.25) is 0 Å². The fourth-order valence-electron chi connectivity index (χ4n) is 5.49. The highest BCUT2D eigenvalue weighted by atomic mass is 35.5. The van der Waals surface area contributed by atoms with Crippen LogP contribution in [0.15, 0.2) is 85.5 Å². The number of hydrogen-bond donors (Lipinski definition) is 3. The molecule has 42 heavy (non-hydrogen) atoms. The Bertz CT molecular complexity index is 1320. The number of likely N-dealkylation sites (tertiary alicyclic amines) is 1. The lowest BCUT2D eigenvalue weighted by molar-refractivity contribution is -0.253. The van der Waals surface area contributed by atoms with Crippen molar-refractivity contribution in [3.05, 3.63) is 113 Å². The van der Waals surface area contributed by atoms with Crippen LogP contribution in [0.1, 0.15) is 53.9 Å². The van der Waals surface area contributed by atoms with E-state index in [0.29, 0.717) is 36.5 Å². The maximum atomic E-state index is 11.9. The molecule has 3 atom stereocenters. The Labute approximate surface area is 251 Å². The van der Waals surface area contributed by atoms with Crippen molar-refractivity contribution in [3.63, 3.8) is 0 Å². The molecule has 0 spiro atoms. The van der Waals surface area contributed by atoms with Crippen molar-refractivity contribution >= 4 is 23.4 Å². The van der Waals surface area contributed by atoms with Crippen LogP contribution < -0.4 is 5.32 Å². The lowest BCUT2D eigenvalue weighted by Gasteiger charge is -2.42. The average molecular weight is 593 g/mol. The van der Waals surface area contributed by atoms with E-state index in [-0.39, 0.29) is 25.4 Å². The van der Waals surface area contributed by atoms with Gasteiger partial charge in [0, 0.05) is 42.3 Å². The summed E-state index contributed by atoms with van der Waals surface area (Å²) in [6.45, 7) is 5.84. The third-order valence-electron chi connectivity index (χ3n) is 7.90. The topological polar surface area (TPSA) is 100 Å². The Kier molecular flexibility index (Phi) is 9.95. The van der Waals surface area contributed by atoms with Gasteiger partial charge in [-0.2, -0.15) is 0 Å². The van der Waals surface area contributed by atoms with Crippen LogP contribution in [0.5, 0.6) is 0 Å². The molecule has 2 aliphatic heterocycles. The van der Waals surface area contributed by atoms with Gasteiger partial charge in [0.1, 0.15) is 6.61 Å². The van der Waals surface area contributed by atoms with E-state index in [0.717, 1.165) is 35.3 Å². The summed E-state index contributed by atoms with van der Waals surface area (Å²) in [4.78, 5) is 14.2. The number of ether oxygens (including phenoxy) is 3. The highest BCUT2D eigenvalue weighted by Gasteiger charge is 2.37. The maximum absolute atomic E-state index is 11.9. The molecule has 222 valence electrons. The largest absolute Gasteiger partial charge is 0.445 e. The molecule has 3 aromatic rings. The molecular formula is C33H37ClN2O6. The molecule has 2 fully saturated rings. The molecule has 8 nitrogen and oxygen atoms in total. The predicted molar refractivity (Wildman–Crippen MR) is 161 cm³/mol. The van der Waals surface area contributed by atoms with Crippen LogP contribution in [0, 0.1) is 0 Å². The molecule has 3 N–H and O–H groups in total. The van der Waals surface area contributed by atoms with Gasteiger partial charge in [0.05, 0.1) is 24.4 Å². The first-order valence-corrected chi connectivity index (χ1v) is 14.6. The van der Waals surface area contributed by atoms with E-state index in [1.54, 1.807) is 12.1 Å². The molecule has 0 bridgehead atoms. The van der Waals surface area contributed by atoms with Crippen molar-refractivity contribution < 1.29 is 29.2 Å². The van der Waals surface area contributed by atoms with E-state index < -0.39 is 18.0 Å². The van der Waals surface area contributed by atoms with Crippen molar-refractivity contribution in [1.82, 2.24) is 4.90 Å². The number of nitrogens with zero attached hydrogens (tertiary/aromatic N) is 1. The molecule has 3 aromatic carbocycles. The number of amides is 1. The SMILES string of the molecule is C=CCOC(=O)Nc1ccc([C@H]2O[C@@H](CN3CCC(O)(c4ccc(Cl)cc4)CC3)C[C@@H](c3ccc(CO)cc3)O2)cc1. The van der Waals surface area contributed by atoms with Gasteiger partial charge < -0.3 is 29.3 Å². The molecule has 2 aliphatic rings. The number of hydrogen-bond acceptors (Lipinski definition) is 7. The van der Waals surface area contributed by atoms with Gasteiger partial charge >= 0.3 is 6.09 Å². The van der Waals surface area contributed by atoms with Crippen molar-refractivity contribution in [2.24, 2.45) is 0 Å². The Morgan fingerprint density at radius 3 is 2.33 bits per heavy atom. The highest BCUT2D eigenvalue weighted by molar-refractivity contribution is 6.30. The molecule has 0 saturated carbocycles. The van der Waals surface area contributed by atoms with Crippen molar-refractivity contribution in [1.29, 1.82) is 0 Å². The molecule has 9 heteroatoms. The number of benzene rings is 3. The predicted octanol–water partition coefficient (Wildman–Crippen LogP) is 6.10. The first kappa shape index (κ1) is 30.2. The summed E-state index contributed by atoms with van der Waals surface area (Å²) in [5.41, 5.74) is 3.31. The first-order chi connectivity index (χ1) is 20.3. The van der Waals surface area contributed by atoms with E-state index in [4.69, 9.17) is 25.8 Å². The molecule has 2 heterocycles. The molecule has 5 rings (SSSR count). The summed E-state index contributed by atoms with van der Waals surface area (Å²) in [6, 6.07) is 22.6. The van der Waals surface area contributed by atoms with Gasteiger partial charge in [-0.25, -0.2) is 4.79 Å². The monoisotopic (exact) mass is 592 g/mol. The van der Waals surface area contributed by atoms with E-state index in [1.165, 1.54) is 6.08 Å². The van der Waals surface area contributed by atoms with Crippen molar-refractivity contribution in [2.75, 3.05) is 31.6 Å². The van der Waals surface area contributed by atoms with Gasteiger partial charge in [0.15, 0.2) is 6.29 Å². The van der Waals surface area contributed by atoms with Gasteiger partial charge in [0.25, 0.3) is 0 Å². The number of aliphatic hydroxyl groups is 2. The van der Waals surface area contributed by atoms with Crippen LogP contribution >= 0.6 is 11.6 Å². The Morgan fingerprint density at radius 1 is 1.02 bits per heavy atom. The van der Waals surface area contributed by atoms with Crippen LogP contribution in [0.4, 0.5) is 10.5 Å². The number of rotatable bonds is 9. The summed E-state index contributed by atoms with van der Waals surface area (Å²) in [7, 11) is 0. The minimum absolute atomic E-state index is 0.0149. The normalized spacial score (nSPS) is 22.3. The summed E-state index contributed by atoms with van der Waals surface area (Å²) in [5, 5.41) is 24.1. The Hall–Kier alpha value is -3.24. The lowest BCUT2D eigenvalue weighted by Crippen LogP contribution is -2.46. The summed E-state index contributed by atoms with van der Waals surface area (Å²) in [5.74, 6) is 0. The van der Waals surface area contributed by atoms with Crippen LogP contribution in [-0.2, 0) is 26.4 Å². The van der Waals surface area contributed by atoms with Crippen molar-refractivity contribution in [3.8, 4) is 0 Å². The molecule has 0 unspecified atom stereocenters. The van der Waals surface area contributed by atoms with E-state index >= 15 is 0 Å². The van der Waals surface area contributed by atoms with Crippen LogP contribution in [-0.4, -0.2) is 53.6 Å².